The van der Waals surface area contributed by atoms with Crippen LogP contribution in [0.1, 0.15) is 17.0 Å². The summed E-state index contributed by atoms with van der Waals surface area (Å²) in [5.74, 6) is 0.293. The first-order chi connectivity index (χ1) is 13.2. The fourth-order valence-corrected chi connectivity index (χ4v) is 3.40. The lowest BCUT2D eigenvalue weighted by Crippen LogP contribution is -2.21. The monoisotopic (exact) mass is 357 g/mol. The molecule has 0 saturated heterocycles. The lowest BCUT2D eigenvalue weighted by molar-refractivity contribution is 0.392. The van der Waals surface area contributed by atoms with E-state index in [1.807, 2.05) is 29.5 Å². The van der Waals surface area contributed by atoms with Crippen LogP contribution in [0.5, 0.6) is 0 Å². The van der Waals surface area contributed by atoms with Crippen LogP contribution in [0.3, 0.4) is 0 Å². The number of hydrogen-bond acceptors (Lipinski definition) is 3. The van der Waals surface area contributed by atoms with Crippen molar-refractivity contribution in [3.63, 3.8) is 0 Å². The summed E-state index contributed by atoms with van der Waals surface area (Å²) >= 11 is 0. The third kappa shape index (κ3) is 3.83. The summed E-state index contributed by atoms with van der Waals surface area (Å²) in [6.07, 6.45) is 9.37. The van der Waals surface area contributed by atoms with Gasteiger partial charge in [-0.25, -0.2) is 4.98 Å². The van der Waals surface area contributed by atoms with Crippen molar-refractivity contribution in [2.24, 2.45) is 0 Å². The zero-order valence-corrected chi connectivity index (χ0v) is 15.6. The van der Waals surface area contributed by atoms with Gasteiger partial charge in [0.05, 0.1) is 12.5 Å². The molecule has 0 amide bonds. The number of aromatic nitrogens is 4. The van der Waals surface area contributed by atoms with E-state index in [0.29, 0.717) is 5.92 Å². The van der Waals surface area contributed by atoms with E-state index in [0.717, 1.165) is 17.8 Å². The molecule has 0 saturated carbocycles. The first-order valence-corrected chi connectivity index (χ1v) is 9.03. The van der Waals surface area contributed by atoms with E-state index in [-0.39, 0.29) is 0 Å². The van der Waals surface area contributed by atoms with Crippen LogP contribution < -0.4 is 0 Å². The van der Waals surface area contributed by atoms with Crippen molar-refractivity contribution in [2.75, 3.05) is 20.6 Å². The van der Waals surface area contributed by atoms with E-state index in [1.54, 1.807) is 6.20 Å². The molecule has 4 aromatic rings. The van der Waals surface area contributed by atoms with Gasteiger partial charge in [-0.15, -0.1) is 0 Å². The Bertz CT molecular complexity index is 970. The van der Waals surface area contributed by atoms with Gasteiger partial charge < -0.3 is 9.47 Å². The molecule has 0 spiro atoms. The van der Waals surface area contributed by atoms with Gasteiger partial charge in [0.2, 0.25) is 0 Å². The minimum atomic E-state index is 0.293. The van der Waals surface area contributed by atoms with Crippen molar-refractivity contribution in [3.8, 4) is 16.8 Å². The first kappa shape index (κ1) is 17.2. The molecule has 0 radical (unpaired) electrons. The van der Waals surface area contributed by atoms with Crippen LogP contribution in [0.4, 0.5) is 0 Å². The third-order valence-electron chi connectivity index (χ3n) is 4.77. The van der Waals surface area contributed by atoms with Gasteiger partial charge >= 0.3 is 0 Å². The Labute approximate surface area is 159 Å². The second-order valence-electron chi connectivity index (χ2n) is 6.99. The Morgan fingerprint density at radius 1 is 1.04 bits per heavy atom. The predicted molar refractivity (Wildman–Crippen MR) is 108 cm³/mol. The maximum absolute atomic E-state index is 4.16. The number of rotatable bonds is 6. The summed E-state index contributed by atoms with van der Waals surface area (Å²) in [6, 6.07) is 17.5. The lowest BCUT2D eigenvalue weighted by atomic mass is 9.89. The van der Waals surface area contributed by atoms with Crippen LogP contribution in [0.2, 0.25) is 0 Å². The molecule has 1 N–H and O–H groups in total. The van der Waals surface area contributed by atoms with Crippen LogP contribution in [-0.2, 0) is 0 Å². The second kappa shape index (κ2) is 7.60. The minimum absolute atomic E-state index is 0.293. The summed E-state index contributed by atoms with van der Waals surface area (Å²) in [5.41, 5.74) is 6.00. The molecule has 1 atom stereocenters. The fourth-order valence-electron chi connectivity index (χ4n) is 3.40. The van der Waals surface area contributed by atoms with Crippen molar-refractivity contribution in [3.05, 3.63) is 90.8 Å². The van der Waals surface area contributed by atoms with Crippen LogP contribution in [0, 0.1) is 0 Å². The van der Waals surface area contributed by atoms with Crippen molar-refractivity contribution in [2.45, 2.75) is 5.92 Å². The maximum atomic E-state index is 4.16. The van der Waals surface area contributed by atoms with Crippen LogP contribution >= 0.6 is 0 Å². The average molecular weight is 357 g/mol. The summed E-state index contributed by atoms with van der Waals surface area (Å²) in [4.78, 5) is 6.40. The van der Waals surface area contributed by atoms with Crippen molar-refractivity contribution in [1.29, 1.82) is 0 Å². The van der Waals surface area contributed by atoms with E-state index in [9.17, 15) is 0 Å². The number of likely N-dealkylation sites (N-methyl/N-ethyl adjacent to an activating group) is 1. The lowest BCUT2D eigenvalue weighted by Gasteiger charge is -2.23. The summed E-state index contributed by atoms with van der Waals surface area (Å²) in [6.45, 7) is 0.943. The van der Waals surface area contributed by atoms with Gasteiger partial charge in [-0.05, 0) is 42.9 Å². The largest absolute Gasteiger partial charge is 0.308 e. The Balaban J connectivity index is 1.68. The molecule has 2 heterocycles. The Hall–Kier alpha value is -3.18. The van der Waals surface area contributed by atoms with Gasteiger partial charge in [-0.3, -0.25) is 5.10 Å². The van der Waals surface area contributed by atoms with E-state index in [2.05, 4.69) is 82.7 Å². The molecule has 0 aliphatic rings. The topological polar surface area (TPSA) is 49.7 Å². The van der Waals surface area contributed by atoms with Gasteiger partial charge in [0.15, 0.2) is 0 Å². The number of hydrogen-bond donors (Lipinski definition) is 1. The number of benzene rings is 2. The molecule has 0 aliphatic heterocycles. The molecular formula is C22H23N5. The highest BCUT2D eigenvalue weighted by atomic mass is 15.1. The van der Waals surface area contributed by atoms with Crippen LogP contribution in [-0.4, -0.2) is 45.3 Å². The molecule has 27 heavy (non-hydrogen) atoms. The maximum Gasteiger partial charge on any atom is 0.0991 e. The molecular weight excluding hydrogens is 334 g/mol. The van der Waals surface area contributed by atoms with E-state index in [1.165, 1.54) is 16.7 Å². The third-order valence-corrected chi connectivity index (χ3v) is 4.77. The first-order valence-electron chi connectivity index (χ1n) is 9.03. The van der Waals surface area contributed by atoms with Gasteiger partial charge in [-0.2, -0.15) is 5.10 Å². The molecule has 5 nitrogen and oxygen atoms in total. The molecule has 4 rings (SSSR count). The highest BCUT2D eigenvalue weighted by molar-refractivity contribution is 5.62. The molecule has 5 heteroatoms. The highest BCUT2D eigenvalue weighted by Crippen LogP contribution is 2.29. The number of imidazole rings is 1. The smallest absolute Gasteiger partial charge is 0.0991 e. The zero-order chi connectivity index (χ0) is 18.6. The zero-order valence-electron chi connectivity index (χ0n) is 15.6. The van der Waals surface area contributed by atoms with E-state index in [4.69, 9.17) is 0 Å². The van der Waals surface area contributed by atoms with E-state index >= 15 is 0 Å². The SMILES string of the molecule is CN(C)CC(c1ccc(-c2cn[nH]c2)cc1)c1cccc(-n2ccnc2)c1. The summed E-state index contributed by atoms with van der Waals surface area (Å²) < 4.78 is 2.04. The molecule has 0 bridgehead atoms. The van der Waals surface area contributed by atoms with Crippen LogP contribution in [0.25, 0.3) is 16.8 Å². The molecule has 2 aromatic carbocycles. The second-order valence-corrected chi connectivity index (χ2v) is 6.99. The quantitative estimate of drug-likeness (QED) is 0.568. The molecule has 1 unspecified atom stereocenters. The Morgan fingerprint density at radius 2 is 1.89 bits per heavy atom. The number of aromatic amines is 1. The van der Waals surface area contributed by atoms with E-state index < -0.39 is 0 Å². The number of H-pyrrole nitrogens is 1. The van der Waals surface area contributed by atoms with Crippen molar-refractivity contribution >= 4 is 0 Å². The summed E-state index contributed by atoms with van der Waals surface area (Å²) in [5, 5.41) is 6.91. The highest BCUT2D eigenvalue weighted by Gasteiger charge is 2.16. The van der Waals surface area contributed by atoms with Crippen LogP contribution in [0.15, 0.2) is 79.6 Å². The number of nitrogens with zero attached hydrogens (tertiary/aromatic N) is 4. The predicted octanol–water partition coefficient (Wildman–Crippen LogP) is 3.96. The molecule has 2 aromatic heterocycles. The average Bonchev–Trinajstić information content (AvgIpc) is 3.40. The van der Waals surface area contributed by atoms with Crippen molar-refractivity contribution in [1.82, 2.24) is 24.6 Å². The van der Waals surface area contributed by atoms with Gasteiger partial charge in [-0.1, -0.05) is 36.4 Å². The molecule has 0 aliphatic carbocycles. The Kier molecular flexibility index (Phi) is 4.85. The summed E-state index contributed by atoms with van der Waals surface area (Å²) in [7, 11) is 4.24. The van der Waals surface area contributed by atoms with Gasteiger partial charge in [0.25, 0.3) is 0 Å². The van der Waals surface area contributed by atoms with Gasteiger partial charge in [0, 0.05) is 42.3 Å². The van der Waals surface area contributed by atoms with Crippen molar-refractivity contribution < 1.29 is 0 Å². The normalized spacial score (nSPS) is 12.4. The fraction of sp³-hybridized carbons (Fsp3) is 0.182. The molecule has 0 fully saturated rings. The Morgan fingerprint density at radius 3 is 2.56 bits per heavy atom. The molecule has 136 valence electrons. The standard InChI is InChI=1S/C22H23N5/c1-26(2)15-22(18-8-6-17(7-9-18)20-13-24-25-14-20)19-4-3-5-21(12-19)27-11-10-23-16-27/h3-14,16,22H,15H2,1-2H3,(H,24,25). The van der Waals surface area contributed by atoms with Gasteiger partial charge in [0.1, 0.15) is 0 Å². The number of nitrogens with one attached hydrogen (secondary N) is 1. The minimum Gasteiger partial charge on any atom is -0.308 e.